The zero-order chi connectivity index (χ0) is 12.4. The molecule has 0 amide bonds. The molecule has 1 heterocycles. The monoisotopic (exact) mass is 263 g/mol. The lowest BCUT2D eigenvalue weighted by Crippen LogP contribution is -2.49. The summed E-state index contributed by atoms with van der Waals surface area (Å²) < 4.78 is 28.8. The van der Waals surface area contributed by atoms with Crippen molar-refractivity contribution >= 4 is 11.6 Å². The van der Waals surface area contributed by atoms with Crippen LogP contribution in [0.1, 0.15) is 5.56 Å². The van der Waals surface area contributed by atoms with Crippen molar-refractivity contribution in [1.82, 2.24) is 4.90 Å². The lowest BCUT2D eigenvalue weighted by atomic mass is 10.1. The maximum absolute atomic E-state index is 12.2. The summed E-state index contributed by atoms with van der Waals surface area (Å²) in [7, 11) is 0. The molecule has 0 aromatic heterocycles. The van der Waals surface area contributed by atoms with Crippen molar-refractivity contribution in [2.75, 3.05) is 13.1 Å². The van der Waals surface area contributed by atoms with E-state index < -0.39 is 6.61 Å². The summed E-state index contributed by atoms with van der Waals surface area (Å²) in [6, 6.07) is 4.54. The second kappa shape index (κ2) is 5.16. The van der Waals surface area contributed by atoms with E-state index in [1.807, 2.05) is 4.90 Å². The third-order valence-electron chi connectivity index (χ3n) is 2.57. The van der Waals surface area contributed by atoms with Gasteiger partial charge in [-0.05, 0) is 18.2 Å². The molecule has 1 aliphatic rings. The summed E-state index contributed by atoms with van der Waals surface area (Å²) in [6.45, 7) is -1.32. The molecule has 1 fully saturated rings. The number of ether oxygens (including phenoxy) is 1. The zero-order valence-corrected chi connectivity index (χ0v) is 9.70. The number of rotatable bonds is 4. The third-order valence-corrected chi connectivity index (χ3v) is 2.81. The molecule has 1 aliphatic heterocycles. The van der Waals surface area contributed by atoms with Crippen LogP contribution in [0.2, 0.25) is 5.02 Å². The van der Waals surface area contributed by atoms with Gasteiger partial charge < -0.3 is 9.84 Å². The number of aliphatic hydroxyl groups is 1. The van der Waals surface area contributed by atoms with Crippen molar-refractivity contribution < 1.29 is 18.6 Å². The molecule has 1 N–H and O–H groups in total. The van der Waals surface area contributed by atoms with E-state index in [4.69, 9.17) is 16.7 Å². The van der Waals surface area contributed by atoms with Crippen LogP contribution in [0.5, 0.6) is 5.75 Å². The number of benzene rings is 1. The van der Waals surface area contributed by atoms with Crippen molar-refractivity contribution in [2.24, 2.45) is 0 Å². The second-order valence-electron chi connectivity index (χ2n) is 3.98. The van der Waals surface area contributed by atoms with E-state index in [1.54, 1.807) is 6.07 Å². The zero-order valence-electron chi connectivity index (χ0n) is 8.94. The van der Waals surface area contributed by atoms with Crippen molar-refractivity contribution in [1.29, 1.82) is 0 Å². The highest BCUT2D eigenvalue weighted by atomic mass is 35.5. The van der Waals surface area contributed by atoms with Crippen molar-refractivity contribution in [3.05, 3.63) is 28.8 Å². The van der Waals surface area contributed by atoms with Gasteiger partial charge in [0.2, 0.25) is 0 Å². The van der Waals surface area contributed by atoms with E-state index in [9.17, 15) is 8.78 Å². The Hall–Kier alpha value is -0.910. The highest BCUT2D eigenvalue weighted by molar-refractivity contribution is 6.30. The van der Waals surface area contributed by atoms with Crippen LogP contribution >= 0.6 is 11.6 Å². The minimum absolute atomic E-state index is 0.130. The molecular weight excluding hydrogens is 252 g/mol. The molecule has 6 heteroatoms. The Kier molecular flexibility index (Phi) is 3.81. The van der Waals surface area contributed by atoms with Gasteiger partial charge in [0.25, 0.3) is 0 Å². The molecule has 3 nitrogen and oxygen atoms in total. The largest absolute Gasteiger partial charge is 0.434 e. The average Bonchev–Trinajstić information content (AvgIpc) is 2.19. The summed E-state index contributed by atoms with van der Waals surface area (Å²) in [6.07, 6.45) is -0.325. The smallest absolute Gasteiger partial charge is 0.387 e. The molecule has 1 aromatic carbocycles. The van der Waals surface area contributed by atoms with Gasteiger partial charge in [-0.3, -0.25) is 4.90 Å². The number of β-amino-alcohol motifs (C(OH)–C–C–N with tert-alkyl or cyclic N) is 1. The van der Waals surface area contributed by atoms with Crippen molar-refractivity contribution in [3.63, 3.8) is 0 Å². The SMILES string of the molecule is OC1CN(Cc2cc(Cl)ccc2OC(F)F)C1. The molecule has 2 rings (SSSR count). The van der Waals surface area contributed by atoms with Crippen molar-refractivity contribution in [2.45, 2.75) is 19.3 Å². The maximum atomic E-state index is 12.2. The number of nitrogens with zero attached hydrogens (tertiary/aromatic N) is 1. The minimum Gasteiger partial charge on any atom is -0.434 e. The Bertz CT molecular complexity index is 397. The van der Waals surface area contributed by atoms with Crippen LogP contribution in [-0.2, 0) is 6.54 Å². The highest BCUT2D eigenvalue weighted by Gasteiger charge is 2.25. The molecule has 0 bridgehead atoms. The van der Waals surface area contributed by atoms with Crippen LogP contribution in [0.3, 0.4) is 0 Å². The van der Waals surface area contributed by atoms with Gasteiger partial charge in [0.1, 0.15) is 5.75 Å². The van der Waals surface area contributed by atoms with Crippen LogP contribution in [0.15, 0.2) is 18.2 Å². The Balaban J connectivity index is 2.09. The van der Waals surface area contributed by atoms with Gasteiger partial charge in [-0.1, -0.05) is 11.6 Å². The first-order valence-electron chi connectivity index (χ1n) is 5.18. The maximum Gasteiger partial charge on any atom is 0.387 e. The van der Waals surface area contributed by atoms with Gasteiger partial charge in [0.15, 0.2) is 0 Å². The number of alkyl halides is 2. The van der Waals surface area contributed by atoms with Gasteiger partial charge in [-0.2, -0.15) is 8.78 Å². The molecule has 1 aromatic rings. The predicted octanol–water partition coefficient (Wildman–Crippen LogP) is 2.12. The van der Waals surface area contributed by atoms with E-state index >= 15 is 0 Å². The van der Waals surface area contributed by atoms with E-state index in [2.05, 4.69) is 4.74 Å². The summed E-state index contributed by atoms with van der Waals surface area (Å²) in [5.74, 6) is 0.130. The van der Waals surface area contributed by atoms with Gasteiger partial charge in [0.05, 0.1) is 6.10 Å². The standard InChI is InChI=1S/C11H12ClF2NO2/c12-8-1-2-10(17-11(13)14)7(3-8)4-15-5-9(16)6-15/h1-3,9,11,16H,4-6H2. The first kappa shape index (κ1) is 12.5. The van der Waals surface area contributed by atoms with Crippen LogP contribution in [0, 0.1) is 0 Å². The van der Waals surface area contributed by atoms with Crippen LogP contribution in [0.4, 0.5) is 8.78 Å². The molecule has 0 aliphatic carbocycles. The van der Waals surface area contributed by atoms with Gasteiger partial charge in [0, 0.05) is 30.2 Å². The summed E-state index contributed by atoms with van der Waals surface area (Å²) in [5.41, 5.74) is 0.602. The first-order chi connectivity index (χ1) is 8.04. The fraction of sp³-hybridized carbons (Fsp3) is 0.455. The molecule has 0 radical (unpaired) electrons. The van der Waals surface area contributed by atoms with Gasteiger partial charge >= 0.3 is 6.61 Å². The molecule has 0 unspecified atom stereocenters. The molecule has 0 saturated carbocycles. The van der Waals surface area contributed by atoms with Gasteiger partial charge in [-0.15, -0.1) is 0 Å². The molecule has 17 heavy (non-hydrogen) atoms. The Morgan fingerprint density at radius 3 is 2.76 bits per heavy atom. The fourth-order valence-corrected chi connectivity index (χ4v) is 1.99. The summed E-state index contributed by atoms with van der Waals surface area (Å²) in [4.78, 5) is 1.93. The fourth-order valence-electron chi connectivity index (χ4n) is 1.80. The highest BCUT2D eigenvalue weighted by Crippen LogP contribution is 2.27. The third kappa shape index (κ3) is 3.28. The molecular formula is C11H12ClF2NO2. The van der Waals surface area contributed by atoms with Crippen molar-refractivity contribution in [3.8, 4) is 5.75 Å². The summed E-state index contributed by atoms with van der Waals surface area (Å²) in [5, 5.41) is 9.62. The molecule has 1 saturated heterocycles. The second-order valence-corrected chi connectivity index (χ2v) is 4.41. The number of hydrogen-bond acceptors (Lipinski definition) is 3. The van der Waals surface area contributed by atoms with E-state index in [0.717, 1.165) is 0 Å². The van der Waals surface area contributed by atoms with Crippen LogP contribution < -0.4 is 4.74 Å². The Morgan fingerprint density at radius 1 is 1.47 bits per heavy atom. The summed E-state index contributed by atoms with van der Waals surface area (Å²) >= 11 is 5.82. The van der Waals surface area contributed by atoms with E-state index in [-0.39, 0.29) is 11.9 Å². The lowest BCUT2D eigenvalue weighted by Gasteiger charge is -2.36. The minimum atomic E-state index is -2.85. The predicted molar refractivity (Wildman–Crippen MR) is 59.4 cm³/mol. The normalized spacial score (nSPS) is 17.2. The van der Waals surface area contributed by atoms with E-state index in [0.29, 0.717) is 30.2 Å². The molecule has 94 valence electrons. The quantitative estimate of drug-likeness (QED) is 0.903. The van der Waals surface area contributed by atoms with Gasteiger partial charge in [-0.25, -0.2) is 0 Å². The van der Waals surface area contributed by atoms with Crippen LogP contribution in [0.25, 0.3) is 0 Å². The first-order valence-corrected chi connectivity index (χ1v) is 5.56. The number of likely N-dealkylation sites (tertiary alicyclic amines) is 1. The topological polar surface area (TPSA) is 32.7 Å². The Morgan fingerprint density at radius 2 is 2.18 bits per heavy atom. The lowest BCUT2D eigenvalue weighted by molar-refractivity contribution is -0.0520. The average molecular weight is 264 g/mol. The molecule has 0 spiro atoms. The van der Waals surface area contributed by atoms with Crippen LogP contribution in [-0.4, -0.2) is 35.8 Å². The molecule has 0 atom stereocenters. The number of hydrogen-bond donors (Lipinski definition) is 1. The number of halogens is 3. The van der Waals surface area contributed by atoms with E-state index in [1.165, 1.54) is 12.1 Å². The Labute approximate surface area is 103 Å². The number of aliphatic hydroxyl groups excluding tert-OH is 1.